The normalized spacial score (nSPS) is 25.7. The van der Waals surface area contributed by atoms with E-state index in [0.717, 1.165) is 12.0 Å². The van der Waals surface area contributed by atoms with Gasteiger partial charge in [0.15, 0.2) is 0 Å². The summed E-state index contributed by atoms with van der Waals surface area (Å²) in [7, 11) is 0. The van der Waals surface area contributed by atoms with Crippen LogP contribution in [0.1, 0.15) is 24.2 Å². The highest BCUT2D eigenvalue weighted by Gasteiger charge is 2.31. The lowest BCUT2D eigenvalue weighted by atomic mass is 9.99. The molecule has 1 aromatic rings. The van der Waals surface area contributed by atoms with Crippen LogP contribution < -0.4 is 0 Å². The summed E-state index contributed by atoms with van der Waals surface area (Å²) in [6.07, 6.45) is 0.348. The third kappa shape index (κ3) is 1.27. The highest BCUT2D eigenvalue weighted by Crippen LogP contribution is 2.36. The first-order valence-electron chi connectivity index (χ1n) is 4.51. The summed E-state index contributed by atoms with van der Waals surface area (Å²) in [4.78, 5) is 0. The SMILES string of the molecule is CC(=N)C1Cc2ccccc2C1O. The van der Waals surface area contributed by atoms with Gasteiger partial charge >= 0.3 is 0 Å². The third-order valence-electron chi connectivity index (χ3n) is 2.75. The van der Waals surface area contributed by atoms with Gasteiger partial charge in [0, 0.05) is 11.6 Å². The van der Waals surface area contributed by atoms with Crippen molar-refractivity contribution in [3.8, 4) is 0 Å². The summed E-state index contributed by atoms with van der Waals surface area (Å²) in [6, 6.07) is 7.89. The van der Waals surface area contributed by atoms with Crippen LogP contribution in [0.2, 0.25) is 0 Å². The van der Waals surface area contributed by atoms with Crippen molar-refractivity contribution in [2.75, 3.05) is 0 Å². The van der Waals surface area contributed by atoms with Crippen molar-refractivity contribution in [2.45, 2.75) is 19.4 Å². The lowest BCUT2D eigenvalue weighted by Crippen LogP contribution is -2.15. The molecule has 0 amide bonds. The minimum atomic E-state index is -0.464. The molecule has 1 aromatic carbocycles. The average Bonchev–Trinajstić information content (AvgIpc) is 2.45. The van der Waals surface area contributed by atoms with Gasteiger partial charge in [-0.15, -0.1) is 0 Å². The maximum absolute atomic E-state index is 9.87. The van der Waals surface area contributed by atoms with E-state index < -0.39 is 6.10 Å². The predicted molar refractivity (Wildman–Crippen MR) is 52.0 cm³/mol. The Morgan fingerprint density at radius 3 is 2.77 bits per heavy atom. The van der Waals surface area contributed by atoms with Gasteiger partial charge in [-0.1, -0.05) is 24.3 Å². The number of aliphatic hydroxyl groups is 1. The lowest BCUT2D eigenvalue weighted by molar-refractivity contribution is 0.153. The van der Waals surface area contributed by atoms with Crippen LogP contribution in [0.4, 0.5) is 0 Å². The number of hydrogen-bond donors (Lipinski definition) is 2. The standard InChI is InChI=1S/C11H13NO/c1-7(12)10-6-8-4-2-3-5-9(8)11(10)13/h2-5,10-13H,6H2,1H3. The zero-order chi connectivity index (χ0) is 9.42. The van der Waals surface area contributed by atoms with Crippen LogP contribution in [-0.4, -0.2) is 10.8 Å². The number of benzene rings is 1. The van der Waals surface area contributed by atoms with Crippen molar-refractivity contribution < 1.29 is 5.11 Å². The van der Waals surface area contributed by atoms with E-state index >= 15 is 0 Å². The summed E-state index contributed by atoms with van der Waals surface area (Å²) in [5.41, 5.74) is 2.76. The molecule has 2 unspecified atom stereocenters. The Bertz CT molecular complexity index is 346. The van der Waals surface area contributed by atoms with E-state index in [9.17, 15) is 5.11 Å². The largest absolute Gasteiger partial charge is 0.388 e. The minimum absolute atomic E-state index is 0.00241. The van der Waals surface area contributed by atoms with Crippen LogP contribution in [0.25, 0.3) is 0 Å². The van der Waals surface area contributed by atoms with Crippen molar-refractivity contribution in [1.82, 2.24) is 0 Å². The molecule has 1 aliphatic rings. The fraction of sp³-hybridized carbons (Fsp3) is 0.364. The van der Waals surface area contributed by atoms with Gasteiger partial charge < -0.3 is 10.5 Å². The van der Waals surface area contributed by atoms with E-state index in [2.05, 4.69) is 0 Å². The molecule has 0 spiro atoms. The molecule has 0 radical (unpaired) electrons. The summed E-state index contributed by atoms with van der Waals surface area (Å²) in [5.74, 6) is -0.00241. The molecule has 0 aromatic heterocycles. The lowest BCUT2D eigenvalue weighted by Gasteiger charge is -2.12. The molecule has 0 saturated carbocycles. The maximum atomic E-state index is 9.87. The molecular formula is C11H13NO. The number of nitrogens with one attached hydrogen (secondary N) is 1. The fourth-order valence-corrected chi connectivity index (χ4v) is 1.96. The predicted octanol–water partition coefficient (Wildman–Crippen LogP) is 1.93. The van der Waals surface area contributed by atoms with Crippen LogP contribution >= 0.6 is 0 Å². The van der Waals surface area contributed by atoms with E-state index in [0.29, 0.717) is 5.71 Å². The van der Waals surface area contributed by atoms with Gasteiger partial charge in [-0.3, -0.25) is 0 Å². The van der Waals surface area contributed by atoms with Gasteiger partial charge in [0.25, 0.3) is 0 Å². The van der Waals surface area contributed by atoms with Crippen molar-refractivity contribution >= 4 is 5.71 Å². The first kappa shape index (κ1) is 8.45. The Morgan fingerprint density at radius 1 is 1.46 bits per heavy atom. The fourth-order valence-electron chi connectivity index (χ4n) is 1.96. The van der Waals surface area contributed by atoms with Crippen molar-refractivity contribution in [3.05, 3.63) is 35.4 Å². The van der Waals surface area contributed by atoms with Crippen LogP contribution in [0, 0.1) is 11.3 Å². The monoisotopic (exact) mass is 175 g/mol. The quantitative estimate of drug-likeness (QED) is 0.629. The van der Waals surface area contributed by atoms with E-state index in [1.807, 2.05) is 24.3 Å². The first-order chi connectivity index (χ1) is 6.20. The molecular weight excluding hydrogens is 162 g/mol. The van der Waals surface area contributed by atoms with Crippen molar-refractivity contribution in [1.29, 1.82) is 5.41 Å². The smallest absolute Gasteiger partial charge is 0.0875 e. The minimum Gasteiger partial charge on any atom is -0.388 e. The van der Waals surface area contributed by atoms with Crippen LogP contribution in [-0.2, 0) is 6.42 Å². The van der Waals surface area contributed by atoms with E-state index in [1.165, 1.54) is 5.56 Å². The van der Waals surface area contributed by atoms with Crippen LogP contribution in [0.3, 0.4) is 0 Å². The molecule has 1 aliphatic carbocycles. The zero-order valence-electron chi connectivity index (χ0n) is 7.62. The summed E-state index contributed by atoms with van der Waals surface area (Å²) in [6.45, 7) is 1.76. The molecule has 0 bridgehead atoms. The van der Waals surface area contributed by atoms with Gasteiger partial charge in [0.1, 0.15) is 0 Å². The molecule has 2 atom stereocenters. The maximum Gasteiger partial charge on any atom is 0.0875 e. The summed E-state index contributed by atoms with van der Waals surface area (Å²) in [5, 5.41) is 17.4. The molecule has 0 fully saturated rings. The molecule has 68 valence electrons. The van der Waals surface area contributed by atoms with Gasteiger partial charge in [0.05, 0.1) is 6.10 Å². The second-order valence-corrected chi connectivity index (χ2v) is 3.64. The van der Waals surface area contributed by atoms with Crippen LogP contribution in [0.15, 0.2) is 24.3 Å². The Labute approximate surface area is 77.7 Å². The Hall–Kier alpha value is -1.15. The van der Waals surface area contributed by atoms with E-state index in [1.54, 1.807) is 6.92 Å². The molecule has 0 aliphatic heterocycles. The summed E-state index contributed by atoms with van der Waals surface area (Å²) >= 11 is 0. The molecule has 2 N–H and O–H groups in total. The Morgan fingerprint density at radius 2 is 2.15 bits per heavy atom. The summed E-state index contributed by atoms with van der Waals surface area (Å²) < 4.78 is 0. The van der Waals surface area contributed by atoms with Crippen molar-refractivity contribution in [2.24, 2.45) is 5.92 Å². The highest BCUT2D eigenvalue weighted by molar-refractivity contribution is 5.83. The third-order valence-corrected chi connectivity index (χ3v) is 2.75. The zero-order valence-corrected chi connectivity index (χ0v) is 7.62. The Balaban J connectivity index is 2.38. The van der Waals surface area contributed by atoms with Crippen molar-refractivity contribution in [3.63, 3.8) is 0 Å². The molecule has 2 heteroatoms. The number of fused-ring (bicyclic) bond motifs is 1. The highest BCUT2D eigenvalue weighted by atomic mass is 16.3. The van der Waals surface area contributed by atoms with Gasteiger partial charge in [-0.25, -0.2) is 0 Å². The van der Waals surface area contributed by atoms with Gasteiger partial charge in [-0.05, 0) is 24.5 Å². The molecule has 0 saturated heterocycles. The second kappa shape index (κ2) is 2.96. The van der Waals surface area contributed by atoms with Gasteiger partial charge in [0.2, 0.25) is 0 Å². The first-order valence-corrected chi connectivity index (χ1v) is 4.51. The topological polar surface area (TPSA) is 44.1 Å². The number of hydrogen-bond acceptors (Lipinski definition) is 2. The number of aliphatic hydroxyl groups excluding tert-OH is 1. The molecule has 0 heterocycles. The Kier molecular flexibility index (Phi) is 1.93. The van der Waals surface area contributed by atoms with E-state index in [-0.39, 0.29) is 5.92 Å². The van der Waals surface area contributed by atoms with Gasteiger partial charge in [-0.2, -0.15) is 0 Å². The molecule has 2 nitrogen and oxygen atoms in total. The van der Waals surface area contributed by atoms with E-state index in [4.69, 9.17) is 5.41 Å². The number of rotatable bonds is 1. The second-order valence-electron chi connectivity index (χ2n) is 3.64. The molecule has 13 heavy (non-hydrogen) atoms. The van der Waals surface area contributed by atoms with Crippen LogP contribution in [0.5, 0.6) is 0 Å². The average molecular weight is 175 g/mol. The molecule has 2 rings (SSSR count).